The fourth-order valence-electron chi connectivity index (χ4n) is 3.53. The minimum atomic E-state index is -0.141. The van der Waals surface area contributed by atoms with Crippen LogP contribution in [0.3, 0.4) is 0 Å². The Kier molecular flexibility index (Phi) is 5.47. The van der Waals surface area contributed by atoms with Crippen LogP contribution in [0.1, 0.15) is 66.8 Å². The summed E-state index contributed by atoms with van der Waals surface area (Å²) in [6.45, 7) is 8.19. The van der Waals surface area contributed by atoms with Crippen LogP contribution < -0.4 is 11.1 Å². The molecule has 1 unspecified atom stereocenters. The number of carbonyl (C=O) groups is 1. The van der Waals surface area contributed by atoms with Crippen molar-refractivity contribution >= 4 is 24.0 Å². The average molecular weight is 363 g/mol. The number of nitrogen functional groups attached to an aromatic ring is 1. The number of amides is 1. The second kappa shape index (κ2) is 7.08. The number of anilines is 1. The van der Waals surface area contributed by atoms with Gasteiger partial charge in [-0.2, -0.15) is 5.10 Å². The number of nitrogens with two attached hydrogens (primary N) is 1. The Bertz CT molecular complexity index is 776. The molecule has 1 aromatic heterocycles. The van der Waals surface area contributed by atoms with Crippen molar-refractivity contribution in [3.05, 3.63) is 46.8 Å². The number of aryl methyl sites for hydroxylation is 1. The van der Waals surface area contributed by atoms with Gasteiger partial charge in [0.2, 0.25) is 0 Å². The van der Waals surface area contributed by atoms with Gasteiger partial charge in [0.15, 0.2) is 0 Å². The Morgan fingerprint density at radius 2 is 2.08 bits per heavy atom. The highest BCUT2D eigenvalue weighted by Crippen LogP contribution is 2.31. The molecule has 0 saturated carbocycles. The summed E-state index contributed by atoms with van der Waals surface area (Å²) in [5, 5.41) is 7.58. The monoisotopic (exact) mass is 362 g/mol. The predicted octanol–water partition coefficient (Wildman–Crippen LogP) is 3.76. The predicted molar refractivity (Wildman–Crippen MR) is 103 cm³/mol. The lowest BCUT2D eigenvalue weighted by Crippen LogP contribution is -2.31. The number of benzene rings is 1. The van der Waals surface area contributed by atoms with Crippen molar-refractivity contribution in [3.8, 4) is 0 Å². The summed E-state index contributed by atoms with van der Waals surface area (Å²) < 4.78 is 1.90. The highest BCUT2D eigenvalue weighted by molar-refractivity contribution is 5.95. The van der Waals surface area contributed by atoms with Crippen LogP contribution in [0.5, 0.6) is 0 Å². The van der Waals surface area contributed by atoms with Crippen molar-refractivity contribution < 1.29 is 4.79 Å². The molecule has 3 N–H and O–H groups in total. The smallest absolute Gasteiger partial charge is 0.255 e. The molecule has 0 aliphatic heterocycles. The van der Waals surface area contributed by atoms with E-state index in [0.29, 0.717) is 5.56 Å². The molecule has 1 aliphatic rings. The zero-order valence-corrected chi connectivity index (χ0v) is 16.1. The molecule has 0 fully saturated rings. The van der Waals surface area contributed by atoms with E-state index in [0.717, 1.165) is 30.6 Å². The van der Waals surface area contributed by atoms with Gasteiger partial charge in [-0.25, -0.2) is 0 Å². The quantitative estimate of drug-likeness (QED) is 0.799. The number of hydrogen-bond donors (Lipinski definition) is 2. The number of nitrogens with zero attached hydrogens (tertiary/aromatic N) is 2. The second-order valence-electron chi connectivity index (χ2n) is 7.60. The first-order valence-corrected chi connectivity index (χ1v) is 8.51. The minimum Gasteiger partial charge on any atom is -0.399 e. The van der Waals surface area contributed by atoms with Crippen LogP contribution in [0.15, 0.2) is 24.4 Å². The molecule has 1 atom stereocenters. The van der Waals surface area contributed by atoms with Gasteiger partial charge in [-0.3, -0.25) is 9.48 Å². The first-order valence-electron chi connectivity index (χ1n) is 8.51. The number of carbonyl (C=O) groups excluding carboxylic acids is 1. The topological polar surface area (TPSA) is 72.9 Å². The summed E-state index contributed by atoms with van der Waals surface area (Å²) >= 11 is 0. The van der Waals surface area contributed by atoms with Crippen LogP contribution in [-0.4, -0.2) is 15.7 Å². The van der Waals surface area contributed by atoms with E-state index >= 15 is 0 Å². The largest absolute Gasteiger partial charge is 0.399 e. The summed E-state index contributed by atoms with van der Waals surface area (Å²) in [7, 11) is 0. The number of halogens is 1. The van der Waals surface area contributed by atoms with Gasteiger partial charge in [-0.05, 0) is 70.2 Å². The van der Waals surface area contributed by atoms with Crippen LogP contribution in [0.2, 0.25) is 0 Å². The number of aromatic nitrogens is 2. The minimum absolute atomic E-state index is 0. The Morgan fingerprint density at radius 1 is 1.36 bits per heavy atom. The number of rotatable bonds is 2. The van der Waals surface area contributed by atoms with Crippen molar-refractivity contribution in [2.24, 2.45) is 0 Å². The Hall–Kier alpha value is -2.01. The maximum atomic E-state index is 12.8. The molecule has 0 bridgehead atoms. The summed E-state index contributed by atoms with van der Waals surface area (Å²) in [5.41, 5.74) is 10.5. The number of hydrogen-bond acceptors (Lipinski definition) is 3. The van der Waals surface area contributed by atoms with E-state index in [1.54, 1.807) is 6.20 Å². The molecule has 3 rings (SSSR count). The van der Waals surface area contributed by atoms with Crippen LogP contribution in [0.25, 0.3) is 0 Å². The average Bonchev–Trinajstić information content (AvgIpc) is 2.89. The molecule has 1 aliphatic carbocycles. The molecule has 1 aromatic carbocycles. The lowest BCUT2D eigenvalue weighted by atomic mass is 9.87. The van der Waals surface area contributed by atoms with Crippen molar-refractivity contribution in [1.82, 2.24) is 15.1 Å². The van der Waals surface area contributed by atoms with Crippen LogP contribution in [-0.2, 0) is 12.0 Å². The molecular weight excluding hydrogens is 336 g/mol. The van der Waals surface area contributed by atoms with E-state index in [1.165, 1.54) is 11.1 Å². The van der Waals surface area contributed by atoms with Crippen molar-refractivity contribution in [2.45, 2.75) is 58.5 Å². The summed E-state index contributed by atoms with van der Waals surface area (Å²) in [5.74, 6) is -0.0577. The molecule has 2 aromatic rings. The van der Waals surface area contributed by atoms with Crippen LogP contribution >= 0.6 is 12.4 Å². The molecule has 0 radical (unpaired) electrons. The zero-order chi connectivity index (χ0) is 17.5. The van der Waals surface area contributed by atoms with Gasteiger partial charge < -0.3 is 11.1 Å². The molecule has 136 valence electrons. The van der Waals surface area contributed by atoms with E-state index in [9.17, 15) is 4.79 Å². The van der Waals surface area contributed by atoms with Gasteiger partial charge in [0, 0.05) is 11.4 Å². The maximum Gasteiger partial charge on any atom is 0.255 e. The van der Waals surface area contributed by atoms with Crippen LogP contribution in [0, 0.1) is 6.92 Å². The van der Waals surface area contributed by atoms with Crippen LogP contribution in [0.4, 0.5) is 5.69 Å². The van der Waals surface area contributed by atoms with Crippen molar-refractivity contribution in [3.63, 3.8) is 0 Å². The molecule has 1 heterocycles. The van der Waals surface area contributed by atoms with E-state index in [2.05, 4.69) is 31.2 Å². The summed E-state index contributed by atoms with van der Waals surface area (Å²) in [4.78, 5) is 12.8. The Morgan fingerprint density at radius 3 is 2.72 bits per heavy atom. The molecular formula is C19H27ClN4O. The SMILES string of the molecule is Cc1c(C(=O)NC2CCCc3cc(N)ccc32)cnn1C(C)(C)C.Cl. The fraction of sp³-hybridized carbons (Fsp3) is 0.474. The highest BCUT2D eigenvalue weighted by atomic mass is 35.5. The summed E-state index contributed by atoms with van der Waals surface area (Å²) in [6, 6.07) is 6.02. The van der Waals surface area contributed by atoms with E-state index in [-0.39, 0.29) is 29.9 Å². The standard InChI is InChI=1S/C19H26N4O.ClH/c1-12-16(11-21-23(12)19(2,3)4)18(24)22-17-7-5-6-13-10-14(20)8-9-15(13)17;/h8-11,17H,5-7,20H2,1-4H3,(H,22,24);1H. The van der Waals surface area contributed by atoms with Crippen molar-refractivity contribution in [1.29, 1.82) is 0 Å². The molecule has 5 nitrogen and oxygen atoms in total. The van der Waals surface area contributed by atoms with E-state index in [4.69, 9.17) is 5.73 Å². The van der Waals surface area contributed by atoms with Crippen molar-refractivity contribution in [2.75, 3.05) is 5.73 Å². The molecule has 6 heteroatoms. The third kappa shape index (κ3) is 3.82. The molecule has 1 amide bonds. The number of nitrogens with one attached hydrogen (secondary N) is 1. The van der Waals surface area contributed by atoms with Gasteiger partial charge in [0.25, 0.3) is 5.91 Å². The Labute approximate surface area is 155 Å². The normalized spacial score (nSPS) is 16.7. The second-order valence-corrected chi connectivity index (χ2v) is 7.60. The molecule has 0 spiro atoms. The van der Waals surface area contributed by atoms with E-state index < -0.39 is 0 Å². The lowest BCUT2D eigenvalue weighted by molar-refractivity contribution is 0.0932. The molecule has 0 saturated heterocycles. The van der Waals surface area contributed by atoms with E-state index in [1.807, 2.05) is 29.8 Å². The van der Waals surface area contributed by atoms with Gasteiger partial charge in [-0.1, -0.05) is 6.07 Å². The Balaban J connectivity index is 0.00000225. The first kappa shape index (κ1) is 19.3. The highest BCUT2D eigenvalue weighted by Gasteiger charge is 2.25. The first-order chi connectivity index (χ1) is 11.3. The van der Waals surface area contributed by atoms with Gasteiger partial charge in [0.05, 0.1) is 23.3 Å². The molecule has 25 heavy (non-hydrogen) atoms. The lowest BCUT2D eigenvalue weighted by Gasteiger charge is -2.27. The number of fused-ring (bicyclic) bond motifs is 1. The fourth-order valence-corrected chi connectivity index (χ4v) is 3.53. The maximum absolute atomic E-state index is 12.8. The third-order valence-electron chi connectivity index (χ3n) is 4.68. The van der Waals surface area contributed by atoms with Gasteiger partial charge >= 0.3 is 0 Å². The zero-order valence-electron chi connectivity index (χ0n) is 15.3. The van der Waals surface area contributed by atoms with Gasteiger partial charge in [0.1, 0.15) is 0 Å². The summed E-state index contributed by atoms with van der Waals surface area (Å²) in [6.07, 6.45) is 4.70. The third-order valence-corrected chi connectivity index (χ3v) is 4.68. The van der Waals surface area contributed by atoms with Gasteiger partial charge in [-0.15, -0.1) is 12.4 Å².